The Labute approximate surface area is 91.3 Å². The maximum atomic E-state index is 9.63. The first-order valence-corrected chi connectivity index (χ1v) is 5.36. The monoisotopic (exact) mass is 211 g/mol. The van der Waals surface area contributed by atoms with Gasteiger partial charge in [-0.05, 0) is 20.3 Å². The van der Waals surface area contributed by atoms with Crippen molar-refractivity contribution in [3.05, 3.63) is 18.0 Å². The van der Waals surface area contributed by atoms with E-state index >= 15 is 0 Å². The fourth-order valence-corrected chi connectivity index (χ4v) is 1.49. The molecule has 0 fully saturated rings. The van der Waals surface area contributed by atoms with E-state index in [0.717, 1.165) is 6.42 Å². The van der Waals surface area contributed by atoms with Crippen molar-refractivity contribution in [1.82, 2.24) is 15.1 Å². The topological polar surface area (TPSA) is 50.1 Å². The van der Waals surface area contributed by atoms with Crippen molar-refractivity contribution in [1.29, 1.82) is 0 Å². The van der Waals surface area contributed by atoms with Gasteiger partial charge in [0.2, 0.25) is 0 Å². The Morgan fingerprint density at radius 1 is 1.60 bits per heavy atom. The second-order valence-corrected chi connectivity index (χ2v) is 4.60. The summed E-state index contributed by atoms with van der Waals surface area (Å²) in [4.78, 5) is 0. The predicted molar refractivity (Wildman–Crippen MR) is 60.5 cm³/mol. The summed E-state index contributed by atoms with van der Waals surface area (Å²) in [5.41, 5.74) is 0.500. The molecule has 0 aromatic carbocycles. The van der Waals surface area contributed by atoms with E-state index in [9.17, 15) is 5.11 Å². The molecule has 1 aromatic heterocycles. The quantitative estimate of drug-likeness (QED) is 0.770. The van der Waals surface area contributed by atoms with Crippen molar-refractivity contribution in [3.8, 4) is 0 Å². The summed E-state index contributed by atoms with van der Waals surface area (Å²) in [6.07, 6.45) is 4.86. The molecule has 0 bridgehead atoms. The standard InChI is InChI=1S/C11H21N3O/c1-5-10(12-8-11(2,3)15)9-6-13-14(4)7-9/h6-7,10,12,15H,5,8H2,1-4H3. The highest BCUT2D eigenvalue weighted by Gasteiger charge is 2.16. The van der Waals surface area contributed by atoms with E-state index in [2.05, 4.69) is 17.3 Å². The lowest BCUT2D eigenvalue weighted by Crippen LogP contribution is -2.36. The van der Waals surface area contributed by atoms with Crippen LogP contribution in [0.15, 0.2) is 12.4 Å². The lowest BCUT2D eigenvalue weighted by molar-refractivity contribution is 0.0762. The maximum absolute atomic E-state index is 9.63. The number of hydrogen-bond donors (Lipinski definition) is 2. The lowest BCUT2D eigenvalue weighted by atomic mass is 10.1. The van der Waals surface area contributed by atoms with Crippen molar-refractivity contribution in [2.45, 2.75) is 38.8 Å². The third-order valence-corrected chi connectivity index (χ3v) is 2.32. The van der Waals surface area contributed by atoms with E-state index in [1.54, 1.807) is 18.5 Å². The summed E-state index contributed by atoms with van der Waals surface area (Å²) in [6, 6.07) is 0.269. The van der Waals surface area contributed by atoms with Crippen molar-refractivity contribution in [3.63, 3.8) is 0 Å². The first-order chi connectivity index (χ1) is 6.92. The molecule has 86 valence electrons. The van der Waals surface area contributed by atoms with Gasteiger partial charge in [-0.25, -0.2) is 0 Å². The average Bonchev–Trinajstić information content (AvgIpc) is 2.51. The number of nitrogens with zero attached hydrogens (tertiary/aromatic N) is 2. The summed E-state index contributed by atoms with van der Waals surface area (Å²) in [5.74, 6) is 0. The summed E-state index contributed by atoms with van der Waals surface area (Å²) < 4.78 is 1.80. The Kier molecular flexibility index (Phi) is 3.88. The fourth-order valence-electron chi connectivity index (χ4n) is 1.49. The molecule has 0 radical (unpaired) electrons. The van der Waals surface area contributed by atoms with Crippen LogP contribution in [0, 0.1) is 0 Å². The van der Waals surface area contributed by atoms with Crippen LogP contribution in [-0.4, -0.2) is 27.0 Å². The zero-order valence-corrected chi connectivity index (χ0v) is 9.99. The molecular weight excluding hydrogens is 190 g/mol. The van der Waals surface area contributed by atoms with Gasteiger partial charge >= 0.3 is 0 Å². The van der Waals surface area contributed by atoms with Crippen molar-refractivity contribution < 1.29 is 5.11 Å². The van der Waals surface area contributed by atoms with Crippen LogP contribution in [0.1, 0.15) is 38.8 Å². The lowest BCUT2D eigenvalue weighted by Gasteiger charge is -2.22. The number of nitrogens with one attached hydrogen (secondary N) is 1. The Bertz CT molecular complexity index is 301. The van der Waals surface area contributed by atoms with Crippen LogP contribution in [0.2, 0.25) is 0 Å². The molecule has 1 aromatic rings. The molecule has 0 saturated heterocycles. The first kappa shape index (κ1) is 12.2. The van der Waals surface area contributed by atoms with Crippen molar-refractivity contribution in [2.75, 3.05) is 6.54 Å². The molecule has 1 unspecified atom stereocenters. The SMILES string of the molecule is CCC(NCC(C)(C)O)c1cnn(C)c1. The van der Waals surface area contributed by atoms with Crippen LogP contribution < -0.4 is 5.32 Å². The van der Waals surface area contributed by atoms with Crippen LogP contribution in [-0.2, 0) is 7.05 Å². The largest absolute Gasteiger partial charge is 0.389 e. The van der Waals surface area contributed by atoms with Gasteiger partial charge < -0.3 is 10.4 Å². The molecule has 0 aliphatic carbocycles. The molecule has 4 nitrogen and oxygen atoms in total. The van der Waals surface area contributed by atoms with E-state index in [4.69, 9.17) is 0 Å². The molecule has 0 saturated carbocycles. The highest BCUT2D eigenvalue weighted by atomic mass is 16.3. The molecular formula is C11H21N3O. The van der Waals surface area contributed by atoms with E-state index in [0.29, 0.717) is 6.54 Å². The number of aromatic nitrogens is 2. The average molecular weight is 211 g/mol. The number of hydrogen-bond acceptors (Lipinski definition) is 3. The molecule has 1 rings (SSSR count). The van der Waals surface area contributed by atoms with Gasteiger partial charge in [0.15, 0.2) is 0 Å². The first-order valence-electron chi connectivity index (χ1n) is 5.36. The molecule has 0 amide bonds. The second kappa shape index (κ2) is 4.77. The van der Waals surface area contributed by atoms with Crippen LogP contribution in [0.4, 0.5) is 0 Å². The molecule has 2 N–H and O–H groups in total. The molecule has 4 heteroatoms. The summed E-state index contributed by atoms with van der Waals surface area (Å²) in [6.45, 7) is 6.31. The molecule has 0 aliphatic rings. The third kappa shape index (κ3) is 4.01. The second-order valence-electron chi connectivity index (χ2n) is 4.60. The van der Waals surface area contributed by atoms with Gasteiger partial charge in [0.05, 0.1) is 11.8 Å². The third-order valence-electron chi connectivity index (χ3n) is 2.32. The Balaban J connectivity index is 2.57. The zero-order valence-electron chi connectivity index (χ0n) is 9.99. The van der Waals surface area contributed by atoms with Crippen LogP contribution in [0.25, 0.3) is 0 Å². The van der Waals surface area contributed by atoms with Gasteiger partial charge in [0.1, 0.15) is 0 Å². The number of rotatable bonds is 5. The maximum Gasteiger partial charge on any atom is 0.0715 e. The molecule has 1 heterocycles. The van der Waals surface area contributed by atoms with E-state index in [1.165, 1.54) is 5.56 Å². The van der Waals surface area contributed by atoms with Gasteiger partial charge in [0.25, 0.3) is 0 Å². The Hall–Kier alpha value is -0.870. The minimum absolute atomic E-state index is 0.269. The molecule has 0 aliphatic heterocycles. The zero-order chi connectivity index (χ0) is 11.5. The summed E-state index contributed by atoms with van der Waals surface area (Å²) >= 11 is 0. The summed E-state index contributed by atoms with van der Waals surface area (Å²) in [5, 5.41) is 17.1. The van der Waals surface area contributed by atoms with Crippen molar-refractivity contribution in [2.24, 2.45) is 7.05 Å². The highest BCUT2D eigenvalue weighted by molar-refractivity contribution is 5.10. The van der Waals surface area contributed by atoms with Gasteiger partial charge in [-0.15, -0.1) is 0 Å². The predicted octanol–water partition coefficient (Wildman–Crippen LogP) is 1.23. The van der Waals surface area contributed by atoms with E-state index in [-0.39, 0.29) is 6.04 Å². The van der Waals surface area contributed by atoms with Gasteiger partial charge in [0, 0.05) is 31.4 Å². The van der Waals surface area contributed by atoms with Crippen LogP contribution >= 0.6 is 0 Å². The van der Waals surface area contributed by atoms with E-state index in [1.807, 2.05) is 19.4 Å². The Morgan fingerprint density at radius 2 is 2.27 bits per heavy atom. The van der Waals surface area contributed by atoms with Crippen molar-refractivity contribution >= 4 is 0 Å². The molecule has 1 atom stereocenters. The number of aliphatic hydroxyl groups is 1. The van der Waals surface area contributed by atoms with Gasteiger partial charge in [-0.2, -0.15) is 5.10 Å². The fraction of sp³-hybridized carbons (Fsp3) is 0.727. The minimum Gasteiger partial charge on any atom is -0.389 e. The van der Waals surface area contributed by atoms with Crippen LogP contribution in [0.5, 0.6) is 0 Å². The molecule has 15 heavy (non-hydrogen) atoms. The van der Waals surface area contributed by atoms with Gasteiger partial charge in [-0.3, -0.25) is 4.68 Å². The minimum atomic E-state index is -0.671. The summed E-state index contributed by atoms with van der Waals surface area (Å²) in [7, 11) is 1.91. The van der Waals surface area contributed by atoms with Gasteiger partial charge in [-0.1, -0.05) is 6.92 Å². The number of aryl methyl sites for hydroxylation is 1. The van der Waals surface area contributed by atoms with Crippen LogP contribution in [0.3, 0.4) is 0 Å². The van der Waals surface area contributed by atoms with E-state index < -0.39 is 5.60 Å². The molecule has 0 spiro atoms. The smallest absolute Gasteiger partial charge is 0.0715 e. The highest BCUT2D eigenvalue weighted by Crippen LogP contribution is 2.16. The normalized spacial score (nSPS) is 14.2. The Morgan fingerprint density at radius 3 is 2.67 bits per heavy atom.